The van der Waals surface area contributed by atoms with E-state index in [1.54, 1.807) is 30.3 Å². The molecule has 0 bridgehead atoms. The highest BCUT2D eigenvalue weighted by Crippen LogP contribution is 2.39. The highest BCUT2D eigenvalue weighted by atomic mass is 79.9. The minimum atomic E-state index is -0.351. The number of thioether (sulfide) groups is 1. The van der Waals surface area contributed by atoms with Crippen molar-refractivity contribution in [2.45, 2.75) is 6.61 Å². The van der Waals surface area contributed by atoms with Crippen LogP contribution in [0.1, 0.15) is 16.7 Å². The molecule has 1 heterocycles. The first-order valence-electron chi connectivity index (χ1n) is 9.21. The minimum Gasteiger partial charge on any atom is -0.493 e. The molecule has 0 unspecified atom stereocenters. The summed E-state index contributed by atoms with van der Waals surface area (Å²) >= 11 is 4.37. The van der Waals surface area contributed by atoms with Gasteiger partial charge in [-0.05, 0) is 57.5 Å². The zero-order valence-electron chi connectivity index (χ0n) is 16.9. The molecule has 1 aliphatic heterocycles. The van der Waals surface area contributed by atoms with Crippen molar-refractivity contribution in [2.75, 3.05) is 27.4 Å². The lowest BCUT2D eigenvalue weighted by Gasteiger charge is -2.14. The molecule has 0 aliphatic carbocycles. The Balaban J connectivity index is 1.83. The molecule has 2 aromatic carbocycles. The maximum Gasteiger partial charge on any atom is 0.293 e. The number of benzene rings is 2. The van der Waals surface area contributed by atoms with Crippen LogP contribution in [0.15, 0.2) is 45.8 Å². The lowest BCUT2D eigenvalue weighted by Crippen LogP contribution is -2.31. The van der Waals surface area contributed by atoms with Crippen molar-refractivity contribution in [3.05, 3.63) is 62.5 Å². The van der Waals surface area contributed by atoms with E-state index in [4.69, 9.17) is 14.2 Å². The van der Waals surface area contributed by atoms with Crippen LogP contribution in [-0.4, -0.2) is 43.4 Å². The molecule has 3 rings (SSSR count). The third-order valence-corrected chi connectivity index (χ3v) is 5.95. The number of hydrogen-bond donors (Lipinski definition) is 0. The molecule has 7 nitrogen and oxygen atoms in total. The average molecular weight is 503 g/mol. The fourth-order valence-electron chi connectivity index (χ4n) is 2.90. The van der Waals surface area contributed by atoms with Crippen LogP contribution in [-0.2, 0) is 16.1 Å². The van der Waals surface area contributed by atoms with E-state index in [1.165, 1.54) is 14.2 Å². The van der Waals surface area contributed by atoms with Crippen LogP contribution in [0, 0.1) is 11.3 Å². The van der Waals surface area contributed by atoms with E-state index in [-0.39, 0.29) is 30.9 Å². The number of nitrogens with zero attached hydrogens (tertiary/aromatic N) is 2. The van der Waals surface area contributed by atoms with Crippen LogP contribution in [0.3, 0.4) is 0 Å². The Morgan fingerprint density at radius 2 is 2.00 bits per heavy atom. The number of amides is 2. The van der Waals surface area contributed by atoms with Gasteiger partial charge in [0.1, 0.15) is 6.61 Å². The van der Waals surface area contributed by atoms with E-state index in [2.05, 4.69) is 22.0 Å². The first kappa shape index (κ1) is 22.9. The van der Waals surface area contributed by atoms with Crippen LogP contribution < -0.4 is 9.47 Å². The third kappa shape index (κ3) is 5.28. The van der Waals surface area contributed by atoms with E-state index in [0.717, 1.165) is 22.2 Å². The van der Waals surface area contributed by atoms with Gasteiger partial charge in [0.05, 0.1) is 41.3 Å². The standard InChI is InChI=1S/C22H19BrN2O5S/c1-28-8-7-25-21(26)19(31-22(25)27)11-14-9-17(23)20(18(10-14)29-2)30-13-16-6-4-3-5-15(16)12-24/h3-6,9-11H,7-8,13H2,1-2H3/b19-11+. The Labute approximate surface area is 192 Å². The molecular formula is C22H19BrN2O5S. The van der Waals surface area contributed by atoms with E-state index >= 15 is 0 Å². The van der Waals surface area contributed by atoms with Crippen LogP contribution in [0.4, 0.5) is 4.79 Å². The molecule has 0 atom stereocenters. The number of ether oxygens (including phenoxy) is 3. The topological polar surface area (TPSA) is 88.9 Å². The average Bonchev–Trinajstić information content (AvgIpc) is 3.03. The summed E-state index contributed by atoms with van der Waals surface area (Å²) in [6.45, 7) is 0.685. The van der Waals surface area contributed by atoms with Crippen LogP contribution in [0.2, 0.25) is 0 Å². The van der Waals surface area contributed by atoms with Gasteiger partial charge in [-0.1, -0.05) is 18.2 Å². The number of carbonyl (C=O) groups excluding carboxylic acids is 2. The van der Waals surface area contributed by atoms with E-state index in [0.29, 0.717) is 32.0 Å². The van der Waals surface area contributed by atoms with Gasteiger partial charge in [0.25, 0.3) is 11.1 Å². The lowest BCUT2D eigenvalue weighted by atomic mass is 10.1. The summed E-state index contributed by atoms with van der Waals surface area (Å²) in [7, 11) is 3.03. The summed E-state index contributed by atoms with van der Waals surface area (Å²) in [6.07, 6.45) is 1.64. The smallest absolute Gasteiger partial charge is 0.293 e. The van der Waals surface area contributed by atoms with E-state index in [1.807, 2.05) is 12.1 Å². The second kappa shape index (κ2) is 10.5. The quantitative estimate of drug-likeness (QED) is 0.487. The molecule has 0 saturated carbocycles. The summed E-state index contributed by atoms with van der Waals surface area (Å²) in [5.41, 5.74) is 1.97. The lowest BCUT2D eigenvalue weighted by molar-refractivity contribution is -0.123. The van der Waals surface area contributed by atoms with Crippen molar-refractivity contribution in [1.82, 2.24) is 4.90 Å². The fraction of sp³-hybridized carbons (Fsp3) is 0.227. The van der Waals surface area contributed by atoms with Crippen molar-refractivity contribution >= 4 is 44.9 Å². The van der Waals surface area contributed by atoms with Crippen molar-refractivity contribution in [1.29, 1.82) is 5.26 Å². The Morgan fingerprint density at radius 3 is 2.71 bits per heavy atom. The zero-order chi connectivity index (χ0) is 22.4. The molecule has 9 heteroatoms. The maximum atomic E-state index is 12.5. The molecule has 0 radical (unpaired) electrons. The van der Waals surface area contributed by atoms with Gasteiger partial charge in [0.15, 0.2) is 11.5 Å². The van der Waals surface area contributed by atoms with E-state index < -0.39 is 0 Å². The summed E-state index contributed by atoms with van der Waals surface area (Å²) in [5, 5.41) is 8.92. The van der Waals surface area contributed by atoms with E-state index in [9.17, 15) is 14.9 Å². The first-order valence-corrected chi connectivity index (χ1v) is 10.8. The molecule has 0 N–H and O–H groups in total. The number of halogens is 1. The number of imide groups is 1. The molecule has 31 heavy (non-hydrogen) atoms. The molecule has 1 saturated heterocycles. The highest BCUT2D eigenvalue weighted by Gasteiger charge is 2.34. The van der Waals surface area contributed by atoms with Gasteiger partial charge in [0, 0.05) is 12.7 Å². The van der Waals surface area contributed by atoms with Gasteiger partial charge in [-0.2, -0.15) is 5.26 Å². The molecule has 0 spiro atoms. The fourth-order valence-corrected chi connectivity index (χ4v) is 4.33. The van der Waals surface area contributed by atoms with Gasteiger partial charge in [-0.3, -0.25) is 14.5 Å². The second-order valence-electron chi connectivity index (χ2n) is 6.42. The van der Waals surface area contributed by atoms with Crippen molar-refractivity contribution in [3.8, 4) is 17.6 Å². The third-order valence-electron chi connectivity index (χ3n) is 4.45. The summed E-state index contributed by atoms with van der Waals surface area (Å²) in [5.74, 6) is 0.574. The Bertz CT molecular complexity index is 1080. The Hall–Kier alpha value is -2.80. The number of nitriles is 1. The van der Waals surface area contributed by atoms with Crippen molar-refractivity contribution < 1.29 is 23.8 Å². The Morgan fingerprint density at radius 1 is 1.23 bits per heavy atom. The van der Waals surface area contributed by atoms with Crippen LogP contribution in [0.5, 0.6) is 11.5 Å². The van der Waals surface area contributed by atoms with Crippen LogP contribution >= 0.6 is 27.7 Å². The van der Waals surface area contributed by atoms with Gasteiger partial charge in [-0.25, -0.2) is 0 Å². The van der Waals surface area contributed by atoms with Gasteiger partial charge < -0.3 is 14.2 Å². The summed E-state index contributed by atoms with van der Waals surface area (Å²) in [6, 6.07) is 12.8. The SMILES string of the molecule is COCCN1C(=O)S/C(=C/c2cc(Br)c(OCc3ccccc3C#N)c(OC)c2)C1=O. The largest absolute Gasteiger partial charge is 0.493 e. The minimum absolute atomic E-state index is 0.191. The number of methoxy groups -OCH3 is 2. The van der Waals surface area contributed by atoms with Crippen LogP contribution in [0.25, 0.3) is 6.08 Å². The monoisotopic (exact) mass is 502 g/mol. The zero-order valence-corrected chi connectivity index (χ0v) is 19.3. The van der Waals surface area contributed by atoms with Gasteiger partial charge >= 0.3 is 0 Å². The predicted molar refractivity (Wildman–Crippen MR) is 121 cm³/mol. The van der Waals surface area contributed by atoms with Crippen molar-refractivity contribution in [3.63, 3.8) is 0 Å². The summed E-state index contributed by atoms with van der Waals surface area (Å²) < 4.78 is 17.0. The predicted octanol–water partition coefficient (Wildman–Crippen LogP) is 4.59. The number of hydrogen-bond acceptors (Lipinski definition) is 7. The Kier molecular flexibility index (Phi) is 7.74. The molecule has 160 valence electrons. The molecule has 0 aromatic heterocycles. The van der Waals surface area contributed by atoms with Gasteiger partial charge in [0.2, 0.25) is 0 Å². The molecule has 1 fully saturated rings. The molecule has 2 aromatic rings. The molecule has 1 aliphatic rings. The van der Waals surface area contributed by atoms with Gasteiger partial charge in [-0.15, -0.1) is 0 Å². The summed E-state index contributed by atoms with van der Waals surface area (Å²) in [4.78, 5) is 26.1. The number of rotatable bonds is 8. The first-order chi connectivity index (χ1) is 15.0. The molecule has 2 amide bonds. The maximum absolute atomic E-state index is 12.5. The normalized spacial score (nSPS) is 14.8. The number of carbonyl (C=O) groups is 2. The molecular weight excluding hydrogens is 484 g/mol. The highest BCUT2D eigenvalue weighted by molar-refractivity contribution is 9.10. The second-order valence-corrected chi connectivity index (χ2v) is 8.27. The van der Waals surface area contributed by atoms with Crippen molar-refractivity contribution in [2.24, 2.45) is 0 Å².